The Morgan fingerprint density at radius 1 is 0.895 bits per heavy atom. The van der Waals surface area contributed by atoms with Gasteiger partial charge in [-0.2, -0.15) is 0 Å². The zero-order valence-corrected chi connectivity index (χ0v) is 12.3. The van der Waals surface area contributed by atoms with Crippen LogP contribution < -0.4 is 5.32 Å². The van der Waals surface area contributed by atoms with E-state index in [2.05, 4.69) is 17.4 Å². The van der Waals surface area contributed by atoms with Crippen molar-refractivity contribution in [1.82, 2.24) is 5.32 Å². The SMILES string of the molecule is Clc1ccc(C(NC2CCCCCC2)C2CC2)cc1. The highest BCUT2D eigenvalue weighted by molar-refractivity contribution is 6.30. The second-order valence-corrected chi connectivity index (χ2v) is 6.66. The Morgan fingerprint density at radius 2 is 1.53 bits per heavy atom. The molecule has 1 aromatic rings. The van der Waals surface area contributed by atoms with Gasteiger partial charge in [-0.15, -0.1) is 0 Å². The van der Waals surface area contributed by atoms with E-state index in [1.165, 1.54) is 56.9 Å². The van der Waals surface area contributed by atoms with Crippen molar-refractivity contribution >= 4 is 11.6 Å². The minimum Gasteiger partial charge on any atom is -0.307 e. The van der Waals surface area contributed by atoms with Crippen molar-refractivity contribution in [1.29, 1.82) is 0 Å². The third kappa shape index (κ3) is 3.73. The minimum atomic E-state index is 0.556. The van der Waals surface area contributed by atoms with Crippen molar-refractivity contribution < 1.29 is 0 Å². The molecule has 2 aliphatic rings. The van der Waals surface area contributed by atoms with E-state index in [1.807, 2.05) is 12.1 Å². The third-order valence-corrected chi connectivity index (χ3v) is 4.84. The zero-order chi connectivity index (χ0) is 13.1. The molecule has 0 bridgehead atoms. The third-order valence-electron chi connectivity index (χ3n) is 4.59. The Morgan fingerprint density at radius 3 is 2.11 bits per heavy atom. The smallest absolute Gasteiger partial charge is 0.0406 e. The molecular formula is C17H24ClN. The number of nitrogens with one attached hydrogen (secondary N) is 1. The standard InChI is InChI=1S/C17H24ClN/c18-15-11-9-14(10-12-15)17(13-7-8-13)19-16-5-3-1-2-4-6-16/h9-13,16-17,19H,1-8H2. The average molecular weight is 278 g/mol. The van der Waals surface area contributed by atoms with Crippen molar-refractivity contribution in [2.24, 2.45) is 5.92 Å². The quantitative estimate of drug-likeness (QED) is 0.755. The summed E-state index contributed by atoms with van der Waals surface area (Å²) >= 11 is 6.00. The first kappa shape index (κ1) is 13.5. The van der Waals surface area contributed by atoms with Crippen LogP contribution in [0.3, 0.4) is 0 Å². The fourth-order valence-electron chi connectivity index (χ4n) is 3.30. The molecule has 1 aromatic carbocycles. The molecule has 0 aromatic heterocycles. The highest BCUT2D eigenvalue weighted by atomic mass is 35.5. The van der Waals surface area contributed by atoms with Gasteiger partial charge >= 0.3 is 0 Å². The summed E-state index contributed by atoms with van der Waals surface area (Å²) in [5.41, 5.74) is 1.43. The van der Waals surface area contributed by atoms with Gasteiger partial charge in [-0.1, -0.05) is 49.4 Å². The fraction of sp³-hybridized carbons (Fsp3) is 0.647. The molecule has 2 saturated carbocycles. The van der Waals surface area contributed by atoms with E-state index >= 15 is 0 Å². The van der Waals surface area contributed by atoms with Crippen molar-refractivity contribution in [3.05, 3.63) is 34.9 Å². The maximum Gasteiger partial charge on any atom is 0.0406 e. The zero-order valence-electron chi connectivity index (χ0n) is 11.6. The summed E-state index contributed by atoms with van der Waals surface area (Å²) in [5.74, 6) is 0.851. The molecule has 1 N–H and O–H groups in total. The first-order chi connectivity index (χ1) is 9.33. The van der Waals surface area contributed by atoms with E-state index in [0.717, 1.165) is 17.0 Å². The maximum absolute atomic E-state index is 6.00. The van der Waals surface area contributed by atoms with Crippen molar-refractivity contribution in [3.63, 3.8) is 0 Å². The van der Waals surface area contributed by atoms with Crippen molar-refractivity contribution in [3.8, 4) is 0 Å². The summed E-state index contributed by atoms with van der Waals surface area (Å²) in [7, 11) is 0. The lowest BCUT2D eigenvalue weighted by atomic mass is 9.99. The summed E-state index contributed by atoms with van der Waals surface area (Å²) in [4.78, 5) is 0. The molecule has 104 valence electrons. The second-order valence-electron chi connectivity index (χ2n) is 6.22. The molecule has 3 rings (SSSR count). The molecule has 19 heavy (non-hydrogen) atoms. The Hall–Kier alpha value is -0.530. The van der Waals surface area contributed by atoms with Crippen LogP contribution in [0.25, 0.3) is 0 Å². The molecule has 2 fully saturated rings. The Bertz CT molecular complexity index is 388. The number of rotatable bonds is 4. The van der Waals surface area contributed by atoms with E-state index < -0.39 is 0 Å². The molecule has 2 aliphatic carbocycles. The summed E-state index contributed by atoms with van der Waals surface area (Å²) in [6.07, 6.45) is 11.1. The maximum atomic E-state index is 6.00. The van der Waals surface area contributed by atoms with Crippen molar-refractivity contribution in [2.75, 3.05) is 0 Å². The number of hydrogen-bond acceptors (Lipinski definition) is 1. The molecule has 0 saturated heterocycles. The van der Waals surface area contributed by atoms with Gasteiger partial charge in [-0.3, -0.25) is 0 Å². The molecule has 0 aliphatic heterocycles. The van der Waals surface area contributed by atoms with Gasteiger partial charge in [-0.05, 0) is 49.3 Å². The number of hydrogen-bond donors (Lipinski definition) is 1. The van der Waals surface area contributed by atoms with Crippen LogP contribution in [0.4, 0.5) is 0 Å². The molecule has 2 heteroatoms. The first-order valence-electron chi connectivity index (χ1n) is 7.84. The number of benzene rings is 1. The normalized spacial score (nSPS) is 23.0. The lowest BCUT2D eigenvalue weighted by Crippen LogP contribution is -2.33. The summed E-state index contributed by atoms with van der Waals surface area (Å²) < 4.78 is 0. The molecule has 1 nitrogen and oxygen atoms in total. The topological polar surface area (TPSA) is 12.0 Å². The summed E-state index contributed by atoms with van der Waals surface area (Å²) in [6.45, 7) is 0. The Labute approximate surface area is 121 Å². The predicted octanol–water partition coefficient (Wildman–Crippen LogP) is 5.10. The van der Waals surface area contributed by atoms with Gasteiger partial charge in [0, 0.05) is 17.1 Å². The van der Waals surface area contributed by atoms with E-state index in [4.69, 9.17) is 11.6 Å². The lowest BCUT2D eigenvalue weighted by Gasteiger charge is -2.25. The molecule has 0 radical (unpaired) electrons. The highest BCUT2D eigenvalue weighted by Crippen LogP contribution is 2.42. The molecular weight excluding hydrogens is 254 g/mol. The minimum absolute atomic E-state index is 0.556. The average Bonchev–Trinajstić information content (AvgIpc) is 3.25. The molecule has 1 unspecified atom stereocenters. The summed E-state index contributed by atoms with van der Waals surface area (Å²) in [5, 5.41) is 4.79. The van der Waals surface area contributed by atoms with Crippen LogP contribution in [0.5, 0.6) is 0 Å². The summed E-state index contributed by atoms with van der Waals surface area (Å²) in [6, 6.07) is 9.75. The van der Waals surface area contributed by atoms with Gasteiger partial charge in [0.25, 0.3) is 0 Å². The van der Waals surface area contributed by atoms with Crippen LogP contribution in [0, 0.1) is 5.92 Å². The molecule has 0 amide bonds. The van der Waals surface area contributed by atoms with Crippen LogP contribution in [0.2, 0.25) is 5.02 Å². The Kier molecular flexibility index (Phi) is 4.45. The van der Waals surface area contributed by atoms with Crippen molar-refractivity contribution in [2.45, 2.75) is 63.5 Å². The van der Waals surface area contributed by atoms with Gasteiger partial charge in [0.1, 0.15) is 0 Å². The van der Waals surface area contributed by atoms with Crippen LogP contribution >= 0.6 is 11.6 Å². The molecule has 1 atom stereocenters. The van der Waals surface area contributed by atoms with Crippen LogP contribution in [0.1, 0.15) is 63.0 Å². The van der Waals surface area contributed by atoms with E-state index in [0.29, 0.717) is 6.04 Å². The predicted molar refractivity (Wildman–Crippen MR) is 81.5 cm³/mol. The Balaban J connectivity index is 1.68. The van der Waals surface area contributed by atoms with Crippen LogP contribution in [-0.2, 0) is 0 Å². The van der Waals surface area contributed by atoms with Gasteiger partial charge in [0.05, 0.1) is 0 Å². The molecule has 0 heterocycles. The van der Waals surface area contributed by atoms with Gasteiger partial charge in [-0.25, -0.2) is 0 Å². The van der Waals surface area contributed by atoms with E-state index in [9.17, 15) is 0 Å². The van der Waals surface area contributed by atoms with E-state index in [1.54, 1.807) is 0 Å². The largest absolute Gasteiger partial charge is 0.307 e. The lowest BCUT2D eigenvalue weighted by molar-refractivity contribution is 0.373. The van der Waals surface area contributed by atoms with Gasteiger partial charge in [0.2, 0.25) is 0 Å². The first-order valence-corrected chi connectivity index (χ1v) is 8.22. The number of halogens is 1. The fourth-order valence-corrected chi connectivity index (χ4v) is 3.43. The monoisotopic (exact) mass is 277 g/mol. The van der Waals surface area contributed by atoms with Crippen LogP contribution in [-0.4, -0.2) is 6.04 Å². The highest BCUT2D eigenvalue weighted by Gasteiger charge is 2.33. The van der Waals surface area contributed by atoms with Gasteiger partial charge < -0.3 is 5.32 Å². The second kappa shape index (κ2) is 6.28. The molecule has 0 spiro atoms. The van der Waals surface area contributed by atoms with Gasteiger partial charge in [0.15, 0.2) is 0 Å². The van der Waals surface area contributed by atoms with Crippen LogP contribution in [0.15, 0.2) is 24.3 Å². The van der Waals surface area contributed by atoms with E-state index in [-0.39, 0.29) is 0 Å².